The summed E-state index contributed by atoms with van der Waals surface area (Å²) < 4.78 is 4.58. The largest absolute Gasteiger partial charge is 0.394 e. The summed E-state index contributed by atoms with van der Waals surface area (Å²) in [6.45, 7) is -0.596. The minimum absolute atomic E-state index is 0.596. The van der Waals surface area contributed by atoms with Gasteiger partial charge in [0, 0.05) is 0 Å². The number of ether oxygens (including phenoxy) is 1. The Hall–Kier alpha value is -0.240. The van der Waals surface area contributed by atoms with Gasteiger partial charge in [-0.25, -0.2) is 0 Å². The maximum atomic E-state index is 9.12. The number of hydrogen-bond acceptors (Lipinski definition) is 6. The molecule has 1 aliphatic heterocycles. The first-order valence-electron chi connectivity index (χ1n) is 3.56. The Morgan fingerprint density at radius 1 is 1.17 bits per heavy atom. The van der Waals surface area contributed by atoms with E-state index in [9.17, 15) is 0 Å². The topological polar surface area (TPSA) is 110 Å². The van der Waals surface area contributed by atoms with Crippen LogP contribution >= 0.6 is 0 Å². The SMILES string of the molecule is OCC(O)[C@@H]1O[C@H](O)[C@H](O)[C@H]1O. The normalized spacial score (nSPS) is 44.8. The van der Waals surface area contributed by atoms with Crippen LogP contribution in [-0.4, -0.2) is 62.8 Å². The first-order valence-corrected chi connectivity index (χ1v) is 3.56. The van der Waals surface area contributed by atoms with Gasteiger partial charge in [0.15, 0.2) is 6.29 Å². The van der Waals surface area contributed by atoms with Crippen molar-refractivity contribution < 1.29 is 30.3 Å². The van der Waals surface area contributed by atoms with Crippen LogP contribution in [0.2, 0.25) is 0 Å². The molecule has 72 valence electrons. The Morgan fingerprint density at radius 2 is 1.75 bits per heavy atom. The zero-order valence-corrected chi connectivity index (χ0v) is 6.24. The zero-order chi connectivity index (χ0) is 9.30. The first kappa shape index (κ1) is 9.85. The van der Waals surface area contributed by atoms with E-state index in [0.717, 1.165) is 0 Å². The fourth-order valence-electron chi connectivity index (χ4n) is 1.11. The second-order valence-corrected chi connectivity index (χ2v) is 2.72. The second kappa shape index (κ2) is 3.65. The summed E-state index contributed by atoms with van der Waals surface area (Å²) in [6.07, 6.45) is -6.75. The molecule has 1 aliphatic rings. The third-order valence-corrected chi connectivity index (χ3v) is 1.84. The van der Waals surface area contributed by atoms with Crippen LogP contribution in [0.4, 0.5) is 0 Å². The summed E-state index contributed by atoms with van der Waals surface area (Å²) >= 11 is 0. The molecule has 0 bridgehead atoms. The van der Waals surface area contributed by atoms with Crippen LogP contribution in [0.25, 0.3) is 0 Å². The van der Waals surface area contributed by atoms with E-state index in [2.05, 4.69) is 4.74 Å². The van der Waals surface area contributed by atoms with E-state index in [1.165, 1.54) is 0 Å². The first-order chi connectivity index (χ1) is 5.57. The lowest BCUT2D eigenvalue weighted by molar-refractivity contribution is -0.150. The van der Waals surface area contributed by atoms with Gasteiger partial charge in [-0.2, -0.15) is 0 Å². The van der Waals surface area contributed by atoms with Crippen LogP contribution in [0.15, 0.2) is 0 Å². The van der Waals surface area contributed by atoms with Crippen molar-refractivity contribution in [3.05, 3.63) is 0 Å². The average molecular weight is 180 g/mol. The number of hydrogen-bond donors (Lipinski definition) is 5. The highest BCUT2D eigenvalue weighted by atomic mass is 16.6. The Balaban J connectivity index is 2.58. The highest BCUT2D eigenvalue weighted by Crippen LogP contribution is 2.21. The van der Waals surface area contributed by atoms with Gasteiger partial charge in [0.05, 0.1) is 6.61 Å². The molecule has 1 rings (SSSR count). The standard InChI is InChI=1S/C6H12O6/c7-1-2(8)5-3(9)4(10)6(11)12-5/h2-11H,1H2/t2?,3-,4-,5+,6+/m1/s1. The molecule has 0 saturated carbocycles. The fourth-order valence-corrected chi connectivity index (χ4v) is 1.11. The van der Waals surface area contributed by atoms with Crippen molar-refractivity contribution in [1.82, 2.24) is 0 Å². The van der Waals surface area contributed by atoms with E-state index in [1.807, 2.05) is 0 Å². The molecule has 0 spiro atoms. The van der Waals surface area contributed by atoms with Gasteiger partial charge in [-0.1, -0.05) is 0 Å². The van der Waals surface area contributed by atoms with Crippen LogP contribution in [0.5, 0.6) is 0 Å². The summed E-state index contributed by atoms with van der Waals surface area (Å²) in [5, 5.41) is 44.4. The number of aliphatic hydroxyl groups is 5. The molecular formula is C6H12O6. The van der Waals surface area contributed by atoms with Crippen molar-refractivity contribution in [3.8, 4) is 0 Å². The van der Waals surface area contributed by atoms with Gasteiger partial charge in [-0.05, 0) is 0 Å². The van der Waals surface area contributed by atoms with Gasteiger partial charge in [0.1, 0.15) is 24.4 Å². The van der Waals surface area contributed by atoms with Crippen LogP contribution in [0, 0.1) is 0 Å². The molecule has 0 aromatic heterocycles. The van der Waals surface area contributed by atoms with E-state index in [-0.39, 0.29) is 0 Å². The fraction of sp³-hybridized carbons (Fsp3) is 1.00. The second-order valence-electron chi connectivity index (χ2n) is 2.72. The van der Waals surface area contributed by atoms with Gasteiger partial charge in [0.2, 0.25) is 0 Å². The van der Waals surface area contributed by atoms with Crippen LogP contribution in [-0.2, 0) is 4.74 Å². The van der Waals surface area contributed by atoms with Crippen LogP contribution in [0.3, 0.4) is 0 Å². The van der Waals surface area contributed by atoms with Crippen molar-refractivity contribution in [2.24, 2.45) is 0 Å². The molecule has 0 aromatic carbocycles. The molecular weight excluding hydrogens is 168 g/mol. The molecule has 6 nitrogen and oxygen atoms in total. The predicted molar refractivity (Wildman–Crippen MR) is 36.0 cm³/mol. The highest BCUT2D eigenvalue weighted by molar-refractivity contribution is 4.89. The zero-order valence-electron chi connectivity index (χ0n) is 6.24. The quantitative estimate of drug-likeness (QED) is 0.306. The van der Waals surface area contributed by atoms with E-state index >= 15 is 0 Å². The summed E-state index contributed by atoms with van der Waals surface area (Å²) in [7, 11) is 0. The molecule has 12 heavy (non-hydrogen) atoms. The van der Waals surface area contributed by atoms with E-state index in [0.29, 0.717) is 0 Å². The van der Waals surface area contributed by atoms with Crippen molar-refractivity contribution in [3.63, 3.8) is 0 Å². The minimum Gasteiger partial charge on any atom is -0.394 e. The van der Waals surface area contributed by atoms with Crippen LogP contribution < -0.4 is 0 Å². The Morgan fingerprint density at radius 3 is 2.08 bits per heavy atom. The van der Waals surface area contributed by atoms with Gasteiger partial charge in [-0.3, -0.25) is 0 Å². The molecule has 0 aromatic rings. The average Bonchev–Trinajstić information content (AvgIpc) is 2.32. The molecule has 0 radical (unpaired) electrons. The summed E-state index contributed by atoms with van der Waals surface area (Å²) in [5.41, 5.74) is 0. The maximum Gasteiger partial charge on any atom is 0.184 e. The molecule has 1 heterocycles. The van der Waals surface area contributed by atoms with Crippen molar-refractivity contribution in [2.75, 3.05) is 6.61 Å². The van der Waals surface area contributed by atoms with Gasteiger partial charge in [0.25, 0.3) is 0 Å². The molecule has 1 fully saturated rings. The molecule has 5 N–H and O–H groups in total. The lowest BCUT2D eigenvalue weighted by Crippen LogP contribution is -2.40. The van der Waals surface area contributed by atoms with Crippen molar-refractivity contribution in [1.29, 1.82) is 0 Å². The molecule has 1 unspecified atom stereocenters. The van der Waals surface area contributed by atoms with E-state index in [4.69, 9.17) is 25.5 Å². The molecule has 1 saturated heterocycles. The van der Waals surface area contributed by atoms with Gasteiger partial charge >= 0.3 is 0 Å². The Labute approximate surface area is 68.6 Å². The lowest BCUT2D eigenvalue weighted by Gasteiger charge is -2.18. The lowest BCUT2D eigenvalue weighted by atomic mass is 10.1. The summed E-state index contributed by atoms with van der Waals surface area (Å²) in [4.78, 5) is 0. The minimum atomic E-state index is -1.51. The monoisotopic (exact) mass is 180 g/mol. The molecule has 0 aliphatic carbocycles. The molecule has 5 atom stereocenters. The summed E-state index contributed by atoms with van der Waals surface area (Å²) in [5.74, 6) is 0. The molecule has 6 heteroatoms. The Kier molecular flexibility index (Phi) is 2.99. The maximum absolute atomic E-state index is 9.12. The van der Waals surface area contributed by atoms with Gasteiger partial charge in [-0.15, -0.1) is 0 Å². The molecule has 0 amide bonds. The van der Waals surface area contributed by atoms with Gasteiger partial charge < -0.3 is 30.3 Å². The third kappa shape index (κ3) is 1.58. The van der Waals surface area contributed by atoms with Crippen molar-refractivity contribution >= 4 is 0 Å². The summed E-state index contributed by atoms with van der Waals surface area (Å²) in [6, 6.07) is 0. The van der Waals surface area contributed by atoms with Crippen molar-refractivity contribution in [2.45, 2.75) is 30.7 Å². The predicted octanol–water partition coefficient (Wildman–Crippen LogP) is -3.22. The van der Waals surface area contributed by atoms with E-state index in [1.54, 1.807) is 0 Å². The van der Waals surface area contributed by atoms with Crippen LogP contribution in [0.1, 0.15) is 0 Å². The Bertz CT molecular complexity index is 151. The number of rotatable bonds is 2. The third-order valence-electron chi connectivity index (χ3n) is 1.84. The highest BCUT2D eigenvalue weighted by Gasteiger charge is 2.44. The van der Waals surface area contributed by atoms with E-state index < -0.39 is 37.3 Å². The number of aliphatic hydroxyl groups excluding tert-OH is 5. The smallest absolute Gasteiger partial charge is 0.184 e.